The van der Waals surface area contributed by atoms with Gasteiger partial charge < -0.3 is 24.9 Å². The van der Waals surface area contributed by atoms with Gasteiger partial charge in [-0.05, 0) is 48.9 Å². The minimum Gasteiger partial charge on any atom is -0.494 e. The van der Waals surface area contributed by atoms with E-state index in [1.54, 1.807) is 30.5 Å². The number of aliphatic hydroxyl groups is 1. The van der Waals surface area contributed by atoms with Gasteiger partial charge in [0.1, 0.15) is 11.5 Å². The van der Waals surface area contributed by atoms with Crippen LogP contribution in [0.3, 0.4) is 0 Å². The molecule has 0 fully saturated rings. The normalized spacial score (nSPS) is 11.6. The van der Waals surface area contributed by atoms with E-state index < -0.39 is 6.10 Å². The lowest BCUT2D eigenvalue weighted by atomic mass is 10.1. The van der Waals surface area contributed by atoms with Crippen LogP contribution in [0.25, 0.3) is 11.3 Å². The highest BCUT2D eigenvalue weighted by Gasteiger charge is 2.10. The number of urea groups is 1. The number of carbonyl (C=O) groups excluding carboxylic acids is 1. The minimum atomic E-state index is -0.804. The highest BCUT2D eigenvalue weighted by molar-refractivity contribution is 5.89. The van der Waals surface area contributed by atoms with Gasteiger partial charge in [0.05, 0.1) is 19.0 Å². The number of anilines is 1. The van der Waals surface area contributed by atoms with Crippen LogP contribution < -0.4 is 15.4 Å². The molecule has 2 aromatic carbocycles. The highest BCUT2D eigenvalue weighted by atomic mass is 16.5. The molecule has 0 saturated carbocycles. The fraction of sp³-hybridized carbons (Fsp3) is 0.190. The summed E-state index contributed by atoms with van der Waals surface area (Å²) < 4.78 is 10.7. The summed E-state index contributed by atoms with van der Waals surface area (Å²) in [4.78, 5) is 12.0. The van der Waals surface area contributed by atoms with Gasteiger partial charge in [-0.2, -0.15) is 0 Å². The van der Waals surface area contributed by atoms with Crippen molar-refractivity contribution >= 4 is 11.7 Å². The number of furan rings is 1. The molecule has 0 unspecified atom stereocenters. The van der Waals surface area contributed by atoms with E-state index in [0.29, 0.717) is 17.9 Å². The van der Waals surface area contributed by atoms with Crippen LogP contribution in [-0.2, 0) is 0 Å². The summed E-state index contributed by atoms with van der Waals surface area (Å²) in [5.41, 5.74) is 2.29. The van der Waals surface area contributed by atoms with Crippen LogP contribution in [0.5, 0.6) is 5.75 Å². The highest BCUT2D eigenvalue weighted by Crippen LogP contribution is 2.22. The molecule has 1 aromatic heterocycles. The second-order valence-electron chi connectivity index (χ2n) is 5.91. The van der Waals surface area contributed by atoms with Crippen molar-refractivity contribution in [3.63, 3.8) is 0 Å². The number of ether oxygens (including phenoxy) is 1. The van der Waals surface area contributed by atoms with Crippen molar-refractivity contribution in [2.45, 2.75) is 13.0 Å². The number of rotatable bonds is 7. The van der Waals surface area contributed by atoms with Crippen molar-refractivity contribution in [1.82, 2.24) is 5.32 Å². The molecular formula is C21H22N2O4. The van der Waals surface area contributed by atoms with Gasteiger partial charge in [-0.1, -0.05) is 24.3 Å². The van der Waals surface area contributed by atoms with Crippen LogP contribution in [0, 0.1) is 0 Å². The fourth-order valence-corrected chi connectivity index (χ4v) is 2.60. The predicted molar refractivity (Wildman–Crippen MR) is 104 cm³/mol. The Balaban J connectivity index is 1.49. The van der Waals surface area contributed by atoms with Gasteiger partial charge in [-0.15, -0.1) is 0 Å². The Hall–Kier alpha value is -3.25. The Labute approximate surface area is 157 Å². The summed E-state index contributed by atoms with van der Waals surface area (Å²) in [6, 6.07) is 17.8. The number of hydrogen-bond donors (Lipinski definition) is 3. The van der Waals surface area contributed by atoms with Gasteiger partial charge in [-0.25, -0.2) is 4.79 Å². The van der Waals surface area contributed by atoms with Gasteiger partial charge in [0.15, 0.2) is 0 Å². The number of hydrogen-bond acceptors (Lipinski definition) is 4. The molecule has 3 rings (SSSR count). The second kappa shape index (κ2) is 8.91. The van der Waals surface area contributed by atoms with Crippen molar-refractivity contribution in [2.75, 3.05) is 18.5 Å². The maximum absolute atomic E-state index is 12.0. The quantitative estimate of drug-likeness (QED) is 0.585. The molecule has 1 atom stereocenters. The van der Waals surface area contributed by atoms with E-state index in [4.69, 9.17) is 9.15 Å². The lowest BCUT2D eigenvalue weighted by Crippen LogP contribution is -2.32. The molecule has 0 radical (unpaired) electrons. The largest absolute Gasteiger partial charge is 0.494 e. The van der Waals surface area contributed by atoms with E-state index in [1.807, 2.05) is 43.3 Å². The molecule has 3 aromatic rings. The first-order chi connectivity index (χ1) is 13.2. The molecule has 3 N–H and O–H groups in total. The van der Waals surface area contributed by atoms with Crippen LogP contribution in [0.15, 0.2) is 71.3 Å². The Kier molecular flexibility index (Phi) is 6.12. The van der Waals surface area contributed by atoms with Crippen LogP contribution in [0.2, 0.25) is 0 Å². The standard InChI is InChI=1S/C21H22N2O4/c1-2-26-18-11-9-17(10-12-18)23-21(25)22-14-19(24)15-5-7-16(8-6-15)20-4-3-13-27-20/h3-13,19,24H,2,14H2,1H3,(H2,22,23,25)/t19-/m0/s1. The van der Waals surface area contributed by atoms with E-state index in [0.717, 1.165) is 17.1 Å². The van der Waals surface area contributed by atoms with E-state index in [2.05, 4.69) is 10.6 Å². The molecule has 0 spiro atoms. The Morgan fingerprint density at radius 2 is 1.85 bits per heavy atom. The molecule has 27 heavy (non-hydrogen) atoms. The first kappa shape index (κ1) is 18.5. The smallest absolute Gasteiger partial charge is 0.319 e. The molecule has 0 aliphatic heterocycles. The monoisotopic (exact) mass is 366 g/mol. The Morgan fingerprint density at radius 3 is 2.48 bits per heavy atom. The first-order valence-corrected chi connectivity index (χ1v) is 8.75. The van der Waals surface area contributed by atoms with Crippen molar-refractivity contribution in [3.8, 4) is 17.1 Å². The fourth-order valence-electron chi connectivity index (χ4n) is 2.60. The molecule has 1 heterocycles. The number of carbonyl (C=O) groups is 1. The zero-order valence-corrected chi connectivity index (χ0v) is 15.0. The Morgan fingerprint density at radius 1 is 1.11 bits per heavy atom. The van der Waals surface area contributed by atoms with Crippen LogP contribution in [-0.4, -0.2) is 24.3 Å². The average Bonchev–Trinajstić information content (AvgIpc) is 3.23. The summed E-state index contributed by atoms with van der Waals surface area (Å²) in [5.74, 6) is 1.51. The molecule has 0 bridgehead atoms. The molecular weight excluding hydrogens is 344 g/mol. The van der Waals surface area contributed by atoms with E-state index in [-0.39, 0.29) is 12.6 Å². The number of aliphatic hydroxyl groups excluding tert-OH is 1. The molecule has 6 heteroatoms. The SMILES string of the molecule is CCOc1ccc(NC(=O)NC[C@H](O)c2ccc(-c3ccco3)cc2)cc1. The molecule has 2 amide bonds. The zero-order chi connectivity index (χ0) is 19.1. The summed E-state index contributed by atoms with van der Waals surface area (Å²) >= 11 is 0. The summed E-state index contributed by atoms with van der Waals surface area (Å²) in [6.45, 7) is 2.60. The number of benzene rings is 2. The average molecular weight is 366 g/mol. The maximum atomic E-state index is 12.0. The third-order valence-electron chi connectivity index (χ3n) is 3.98. The van der Waals surface area contributed by atoms with Crippen molar-refractivity contribution in [3.05, 3.63) is 72.5 Å². The summed E-state index contributed by atoms with van der Waals surface area (Å²) in [6.07, 6.45) is 0.812. The molecule has 6 nitrogen and oxygen atoms in total. The third kappa shape index (κ3) is 5.12. The molecule has 0 saturated heterocycles. The zero-order valence-electron chi connectivity index (χ0n) is 15.0. The van der Waals surface area contributed by atoms with Crippen molar-refractivity contribution in [2.24, 2.45) is 0 Å². The lowest BCUT2D eigenvalue weighted by molar-refractivity contribution is 0.175. The molecule has 0 aliphatic rings. The van der Waals surface area contributed by atoms with E-state index in [1.165, 1.54) is 0 Å². The van der Waals surface area contributed by atoms with Crippen molar-refractivity contribution < 1.29 is 19.1 Å². The summed E-state index contributed by atoms with van der Waals surface area (Å²) in [7, 11) is 0. The third-order valence-corrected chi connectivity index (χ3v) is 3.98. The lowest BCUT2D eigenvalue weighted by Gasteiger charge is -2.13. The van der Waals surface area contributed by atoms with Gasteiger partial charge in [0.25, 0.3) is 0 Å². The van der Waals surface area contributed by atoms with Crippen LogP contribution in [0.4, 0.5) is 10.5 Å². The maximum Gasteiger partial charge on any atom is 0.319 e. The first-order valence-electron chi connectivity index (χ1n) is 8.75. The molecule has 140 valence electrons. The second-order valence-corrected chi connectivity index (χ2v) is 5.91. The number of nitrogens with one attached hydrogen (secondary N) is 2. The van der Waals surface area contributed by atoms with Crippen LogP contribution >= 0.6 is 0 Å². The van der Waals surface area contributed by atoms with Gasteiger partial charge in [0.2, 0.25) is 0 Å². The summed E-state index contributed by atoms with van der Waals surface area (Å²) in [5, 5.41) is 15.6. The van der Waals surface area contributed by atoms with Gasteiger partial charge in [0, 0.05) is 17.8 Å². The van der Waals surface area contributed by atoms with Gasteiger partial charge >= 0.3 is 6.03 Å². The molecule has 0 aliphatic carbocycles. The minimum absolute atomic E-state index is 0.100. The van der Waals surface area contributed by atoms with E-state index in [9.17, 15) is 9.90 Å². The van der Waals surface area contributed by atoms with Crippen LogP contribution in [0.1, 0.15) is 18.6 Å². The topological polar surface area (TPSA) is 83.7 Å². The van der Waals surface area contributed by atoms with Gasteiger partial charge in [-0.3, -0.25) is 0 Å². The van der Waals surface area contributed by atoms with E-state index >= 15 is 0 Å². The predicted octanol–water partition coefficient (Wildman–Crippen LogP) is 4.20. The van der Waals surface area contributed by atoms with Crippen molar-refractivity contribution in [1.29, 1.82) is 0 Å². The Bertz CT molecular complexity index is 843. The number of amides is 2.